The molecule has 1 aromatic rings. The van der Waals surface area contributed by atoms with Gasteiger partial charge in [-0.25, -0.2) is 0 Å². The molecule has 0 saturated carbocycles. The second kappa shape index (κ2) is 3.48. The quantitative estimate of drug-likeness (QED) is 0.678. The van der Waals surface area contributed by atoms with Crippen molar-refractivity contribution >= 4 is 0 Å². The molecule has 1 nitrogen and oxygen atoms in total. The molecule has 0 fully saturated rings. The summed E-state index contributed by atoms with van der Waals surface area (Å²) in [5.74, 6) is 0.548. The minimum atomic E-state index is 0.197. The number of nitrogens with zero attached hydrogens (tertiary/aromatic N) is 1. The van der Waals surface area contributed by atoms with E-state index in [2.05, 4.69) is 44.8 Å². The minimum absolute atomic E-state index is 0.197. The lowest BCUT2D eigenvalue weighted by Crippen LogP contribution is -2.18. The van der Waals surface area contributed by atoms with E-state index >= 15 is 0 Å². The van der Waals surface area contributed by atoms with Crippen LogP contribution in [0.15, 0.2) is 30.1 Å². The molecule has 1 aliphatic carbocycles. The lowest BCUT2D eigenvalue weighted by Gasteiger charge is -2.26. The maximum Gasteiger partial charge on any atom is 0.0305 e. The lowest BCUT2D eigenvalue weighted by atomic mass is 9.78. The Morgan fingerprint density at radius 2 is 2.00 bits per heavy atom. The zero-order valence-electron chi connectivity index (χ0n) is 10.0. The van der Waals surface area contributed by atoms with E-state index in [0.717, 1.165) is 0 Å². The van der Waals surface area contributed by atoms with E-state index in [1.165, 1.54) is 17.5 Å². The van der Waals surface area contributed by atoms with Crippen LogP contribution in [-0.2, 0) is 5.41 Å². The van der Waals surface area contributed by atoms with Gasteiger partial charge in [-0.1, -0.05) is 39.3 Å². The van der Waals surface area contributed by atoms with Crippen LogP contribution in [0.4, 0.5) is 0 Å². The summed E-state index contributed by atoms with van der Waals surface area (Å²) >= 11 is 0. The molecule has 0 atom stereocenters. The highest BCUT2D eigenvalue weighted by atomic mass is 14.6. The molecule has 0 unspecified atom stereocenters. The Morgan fingerprint density at radius 3 is 2.53 bits per heavy atom. The van der Waals surface area contributed by atoms with Crippen molar-refractivity contribution in [2.24, 2.45) is 0 Å². The highest BCUT2D eigenvalue weighted by Crippen LogP contribution is 2.43. The molecule has 0 radical (unpaired) electrons. The van der Waals surface area contributed by atoms with Crippen LogP contribution in [-0.4, -0.2) is 4.98 Å². The molecule has 0 saturated heterocycles. The Balaban J connectivity index is 2.47. The monoisotopic (exact) mass is 201 g/mol. The molecule has 0 aliphatic heterocycles. The standard InChI is InChI=1S/C14H19N/c1-10(2)12-9-15-8-7-13(12)14(3,4)11-5-6-11/h5,7-10H,6H2,1-4H3. The smallest absolute Gasteiger partial charge is 0.0305 e. The van der Waals surface area contributed by atoms with Crippen LogP contribution in [0.5, 0.6) is 0 Å². The van der Waals surface area contributed by atoms with Gasteiger partial charge >= 0.3 is 0 Å². The van der Waals surface area contributed by atoms with Gasteiger partial charge in [-0.15, -0.1) is 0 Å². The Bertz CT molecular complexity index is 400. The Morgan fingerprint density at radius 1 is 1.33 bits per heavy atom. The maximum absolute atomic E-state index is 4.24. The molecule has 1 heterocycles. The molecular formula is C14H19N. The zero-order valence-corrected chi connectivity index (χ0v) is 10.0. The Labute approximate surface area is 92.2 Å². The maximum atomic E-state index is 4.24. The van der Waals surface area contributed by atoms with Gasteiger partial charge < -0.3 is 0 Å². The Hall–Kier alpha value is -1.11. The van der Waals surface area contributed by atoms with Gasteiger partial charge in [0.25, 0.3) is 0 Å². The first kappa shape index (κ1) is 10.4. The largest absolute Gasteiger partial charge is 0.264 e. The van der Waals surface area contributed by atoms with Crippen molar-refractivity contribution in [1.82, 2.24) is 4.98 Å². The molecule has 0 N–H and O–H groups in total. The van der Waals surface area contributed by atoms with E-state index in [-0.39, 0.29) is 5.41 Å². The summed E-state index contributed by atoms with van der Waals surface area (Å²) in [5.41, 5.74) is 4.59. The van der Waals surface area contributed by atoms with E-state index in [0.29, 0.717) is 5.92 Å². The van der Waals surface area contributed by atoms with Crippen molar-refractivity contribution < 1.29 is 0 Å². The molecule has 2 rings (SSSR count). The third-order valence-corrected chi connectivity index (χ3v) is 3.36. The molecule has 1 aromatic heterocycles. The first-order valence-corrected chi connectivity index (χ1v) is 5.67. The van der Waals surface area contributed by atoms with Crippen LogP contribution in [0.1, 0.15) is 51.2 Å². The normalized spacial score (nSPS) is 15.4. The van der Waals surface area contributed by atoms with Crippen molar-refractivity contribution in [3.05, 3.63) is 41.2 Å². The van der Waals surface area contributed by atoms with Crippen LogP contribution in [0, 0.1) is 0 Å². The number of pyridine rings is 1. The highest BCUT2D eigenvalue weighted by Gasteiger charge is 2.32. The predicted octanol–water partition coefficient (Wildman–Crippen LogP) is 3.81. The molecule has 0 bridgehead atoms. The van der Waals surface area contributed by atoms with Crippen LogP contribution >= 0.6 is 0 Å². The Kier molecular flexibility index (Phi) is 2.41. The third-order valence-electron chi connectivity index (χ3n) is 3.36. The molecule has 1 aliphatic rings. The molecule has 0 spiro atoms. The van der Waals surface area contributed by atoms with Crippen molar-refractivity contribution in [2.45, 2.75) is 45.4 Å². The van der Waals surface area contributed by atoms with Crippen molar-refractivity contribution in [3.63, 3.8) is 0 Å². The number of hydrogen-bond donors (Lipinski definition) is 0. The fourth-order valence-corrected chi connectivity index (χ4v) is 2.17. The third kappa shape index (κ3) is 1.83. The summed E-state index contributed by atoms with van der Waals surface area (Å²) < 4.78 is 0. The van der Waals surface area contributed by atoms with Crippen molar-refractivity contribution in [2.75, 3.05) is 0 Å². The summed E-state index contributed by atoms with van der Waals surface area (Å²) in [6.07, 6.45) is 7.44. The van der Waals surface area contributed by atoms with Gasteiger partial charge in [-0.2, -0.15) is 0 Å². The van der Waals surface area contributed by atoms with Crippen LogP contribution < -0.4 is 0 Å². The molecular weight excluding hydrogens is 182 g/mol. The zero-order chi connectivity index (χ0) is 11.1. The van der Waals surface area contributed by atoms with Gasteiger partial charge in [0, 0.05) is 17.8 Å². The van der Waals surface area contributed by atoms with Gasteiger partial charge in [0.15, 0.2) is 0 Å². The molecule has 0 aromatic carbocycles. The average molecular weight is 201 g/mol. The predicted molar refractivity (Wildman–Crippen MR) is 64.1 cm³/mol. The number of aromatic nitrogens is 1. The van der Waals surface area contributed by atoms with Gasteiger partial charge in [-0.3, -0.25) is 4.98 Å². The molecule has 0 amide bonds. The van der Waals surface area contributed by atoms with Crippen molar-refractivity contribution in [1.29, 1.82) is 0 Å². The SMILES string of the molecule is CC(C)c1cnccc1C(C)(C)C1=CC1. The molecule has 80 valence electrons. The van der Waals surface area contributed by atoms with Gasteiger partial charge in [0.2, 0.25) is 0 Å². The van der Waals surface area contributed by atoms with E-state index in [9.17, 15) is 0 Å². The lowest BCUT2D eigenvalue weighted by molar-refractivity contribution is 0.622. The number of hydrogen-bond acceptors (Lipinski definition) is 1. The van der Waals surface area contributed by atoms with Gasteiger partial charge in [0.05, 0.1) is 0 Å². The van der Waals surface area contributed by atoms with Crippen LogP contribution in [0.3, 0.4) is 0 Å². The van der Waals surface area contributed by atoms with E-state index < -0.39 is 0 Å². The first-order valence-electron chi connectivity index (χ1n) is 5.67. The fraction of sp³-hybridized carbons (Fsp3) is 0.500. The second-order valence-corrected chi connectivity index (χ2v) is 5.18. The van der Waals surface area contributed by atoms with Gasteiger partial charge in [0.1, 0.15) is 0 Å². The van der Waals surface area contributed by atoms with E-state index in [1.807, 2.05) is 12.4 Å². The fourth-order valence-electron chi connectivity index (χ4n) is 2.17. The highest BCUT2D eigenvalue weighted by molar-refractivity contribution is 5.45. The van der Waals surface area contributed by atoms with Crippen LogP contribution in [0.25, 0.3) is 0 Å². The second-order valence-electron chi connectivity index (χ2n) is 5.18. The first-order chi connectivity index (χ1) is 7.03. The summed E-state index contributed by atoms with van der Waals surface area (Å²) in [7, 11) is 0. The van der Waals surface area contributed by atoms with Crippen molar-refractivity contribution in [3.8, 4) is 0 Å². The number of rotatable bonds is 3. The van der Waals surface area contributed by atoms with Gasteiger partial charge in [-0.05, 0) is 29.5 Å². The summed E-state index contributed by atoms with van der Waals surface area (Å²) in [5, 5.41) is 0. The average Bonchev–Trinajstić information content (AvgIpc) is 3.01. The summed E-state index contributed by atoms with van der Waals surface area (Å²) in [6.45, 7) is 9.09. The van der Waals surface area contributed by atoms with E-state index in [4.69, 9.17) is 0 Å². The summed E-state index contributed by atoms with van der Waals surface area (Å²) in [6, 6.07) is 2.18. The topological polar surface area (TPSA) is 12.9 Å². The molecule has 15 heavy (non-hydrogen) atoms. The number of allylic oxidation sites excluding steroid dienone is 2. The van der Waals surface area contributed by atoms with E-state index in [1.54, 1.807) is 5.57 Å². The minimum Gasteiger partial charge on any atom is -0.264 e. The van der Waals surface area contributed by atoms with Crippen LogP contribution in [0.2, 0.25) is 0 Å². The summed E-state index contributed by atoms with van der Waals surface area (Å²) in [4.78, 5) is 4.24. The molecule has 1 heteroatoms.